The van der Waals surface area contributed by atoms with E-state index in [4.69, 9.17) is 10.00 Å². The Bertz CT molecular complexity index is 820. The van der Waals surface area contributed by atoms with Crippen molar-refractivity contribution in [3.63, 3.8) is 0 Å². The molecule has 0 saturated heterocycles. The Labute approximate surface area is 120 Å². The Morgan fingerprint density at radius 1 is 1.38 bits per heavy atom. The first kappa shape index (κ1) is 12.9. The van der Waals surface area contributed by atoms with Crippen molar-refractivity contribution in [1.29, 1.82) is 5.26 Å². The maximum Gasteiger partial charge on any atom is 0.250 e. The fourth-order valence-electron chi connectivity index (χ4n) is 1.86. The molecule has 7 heteroatoms. The normalized spacial score (nSPS) is 10.3. The summed E-state index contributed by atoms with van der Waals surface area (Å²) in [5, 5.41) is 12.0. The van der Waals surface area contributed by atoms with Crippen LogP contribution in [0.5, 0.6) is 11.6 Å². The predicted molar refractivity (Wildman–Crippen MR) is 77.1 cm³/mol. The summed E-state index contributed by atoms with van der Waals surface area (Å²) in [4.78, 5) is 15.7. The molecule has 0 aliphatic heterocycles. The lowest BCUT2D eigenvalue weighted by atomic mass is 10.2. The molecule has 0 aliphatic carbocycles. The number of hydrogen-bond acceptors (Lipinski definition) is 6. The van der Waals surface area contributed by atoms with Crippen molar-refractivity contribution in [1.82, 2.24) is 19.9 Å². The summed E-state index contributed by atoms with van der Waals surface area (Å²) in [6.07, 6.45) is 1.54. The molecule has 0 bridgehead atoms. The highest BCUT2D eigenvalue weighted by atomic mass is 16.5. The van der Waals surface area contributed by atoms with Crippen LogP contribution in [0.4, 0.5) is 5.95 Å². The Morgan fingerprint density at radius 2 is 2.29 bits per heavy atom. The molecule has 0 radical (unpaired) electrons. The van der Waals surface area contributed by atoms with E-state index in [1.165, 1.54) is 6.33 Å². The van der Waals surface area contributed by atoms with Crippen LogP contribution in [-0.4, -0.2) is 26.5 Å². The standard InChI is InChI=1S/C14H12N6O/c1-2-16-14-19-12-11(17-8-18-12)13(20-14)21-10-5-3-4-9(6-10)7-15/h3-6,8H,2H2,1H3,(H2,16,17,18,19,20). The number of H-pyrrole nitrogens is 1. The number of nitriles is 1. The lowest BCUT2D eigenvalue weighted by molar-refractivity contribution is 0.467. The molecule has 2 aromatic heterocycles. The number of aromatic amines is 1. The van der Waals surface area contributed by atoms with Crippen LogP contribution in [0.3, 0.4) is 0 Å². The van der Waals surface area contributed by atoms with Crippen LogP contribution < -0.4 is 10.1 Å². The molecule has 7 nitrogen and oxygen atoms in total. The van der Waals surface area contributed by atoms with Crippen molar-refractivity contribution >= 4 is 17.1 Å². The highest BCUT2D eigenvalue weighted by Crippen LogP contribution is 2.26. The molecule has 3 aromatic rings. The number of ether oxygens (including phenoxy) is 1. The number of benzene rings is 1. The van der Waals surface area contributed by atoms with Gasteiger partial charge in [-0.25, -0.2) is 4.98 Å². The molecule has 2 heterocycles. The van der Waals surface area contributed by atoms with Gasteiger partial charge in [-0.3, -0.25) is 0 Å². The number of rotatable bonds is 4. The van der Waals surface area contributed by atoms with E-state index in [0.29, 0.717) is 40.8 Å². The number of anilines is 1. The molecule has 1 aromatic carbocycles. The van der Waals surface area contributed by atoms with Crippen LogP contribution in [0.2, 0.25) is 0 Å². The van der Waals surface area contributed by atoms with E-state index in [0.717, 1.165) is 0 Å². The maximum atomic E-state index is 8.92. The molecule has 3 rings (SSSR count). The molecule has 0 unspecified atom stereocenters. The maximum absolute atomic E-state index is 8.92. The number of imidazole rings is 1. The third kappa shape index (κ3) is 2.60. The summed E-state index contributed by atoms with van der Waals surface area (Å²) >= 11 is 0. The van der Waals surface area contributed by atoms with Gasteiger partial charge in [0.2, 0.25) is 5.95 Å². The van der Waals surface area contributed by atoms with Crippen LogP contribution >= 0.6 is 0 Å². The molecule has 0 aliphatic rings. The Balaban J connectivity index is 2.02. The van der Waals surface area contributed by atoms with Crippen molar-refractivity contribution in [3.8, 4) is 17.7 Å². The van der Waals surface area contributed by atoms with Crippen molar-refractivity contribution in [2.75, 3.05) is 11.9 Å². The van der Waals surface area contributed by atoms with Gasteiger partial charge in [-0.05, 0) is 25.1 Å². The molecule has 2 N–H and O–H groups in total. The third-order valence-corrected chi connectivity index (χ3v) is 2.76. The Hall–Kier alpha value is -3.14. The van der Waals surface area contributed by atoms with Crippen molar-refractivity contribution in [2.45, 2.75) is 6.92 Å². The molecule has 0 saturated carbocycles. The van der Waals surface area contributed by atoms with Crippen molar-refractivity contribution in [2.24, 2.45) is 0 Å². The topological polar surface area (TPSA) is 99.5 Å². The van der Waals surface area contributed by atoms with E-state index in [9.17, 15) is 0 Å². The third-order valence-electron chi connectivity index (χ3n) is 2.76. The van der Waals surface area contributed by atoms with Crippen LogP contribution in [-0.2, 0) is 0 Å². The van der Waals surface area contributed by atoms with Gasteiger partial charge in [-0.1, -0.05) is 6.07 Å². The first-order valence-electron chi connectivity index (χ1n) is 6.43. The summed E-state index contributed by atoms with van der Waals surface area (Å²) < 4.78 is 5.77. The summed E-state index contributed by atoms with van der Waals surface area (Å²) in [6, 6.07) is 8.95. The van der Waals surface area contributed by atoms with Gasteiger partial charge in [-0.2, -0.15) is 15.2 Å². The summed E-state index contributed by atoms with van der Waals surface area (Å²) in [6.45, 7) is 2.65. The largest absolute Gasteiger partial charge is 0.437 e. The second-order valence-corrected chi connectivity index (χ2v) is 4.23. The highest BCUT2D eigenvalue weighted by molar-refractivity contribution is 5.77. The van der Waals surface area contributed by atoms with E-state index in [2.05, 4.69) is 31.3 Å². The van der Waals surface area contributed by atoms with Gasteiger partial charge in [-0.15, -0.1) is 0 Å². The first-order chi connectivity index (χ1) is 10.3. The molecule has 104 valence electrons. The van der Waals surface area contributed by atoms with Crippen molar-refractivity contribution < 1.29 is 4.74 Å². The van der Waals surface area contributed by atoms with E-state index in [1.807, 2.05) is 6.92 Å². The van der Waals surface area contributed by atoms with Crippen LogP contribution in [0.1, 0.15) is 12.5 Å². The van der Waals surface area contributed by atoms with Crippen LogP contribution in [0.15, 0.2) is 30.6 Å². The van der Waals surface area contributed by atoms with E-state index >= 15 is 0 Å². The molecular formula is C14H12N6O. The summed E-state index contributed by atoms with van der Waals surface area (Å²) in [5.41, 5.74) is 1.65. The van der Waals surface area contributed by atoms with Gasteiger partial charge < -0.3 is 15.0 Å². The van der Waals surface area contributed by atoms with Crippen molar-refractivity contribution in [3.05, 3.63) is 36.2 Å². The lowest BCUT2D eigenvalue weighted by Gasteiger charge is -2.08. The minimum atomic E-state index is 0.364. The van der Waals surface area contributed by atoms with Gasteiger partial charge >= 0.3 is 0 Å². The number of nitrogens with one attached hydrogen (secondary N) is 2. The molecule has 0 spiro atoms. The lowest BCUT2D eigenvalue weighted by Crippen LogP contribution is -2.03. The zero-order valence-electron chi connectivity index (χ0n) is 11.3. The molecule has 0 amide bonds. The quantitative estimate of drug-likeness (QED) is 0.761. The molecule has 0 fully saturated rings. The highest BCUT2D eigenvalue weighted by Gasteiger charge is 2.12. The fourth-order valence-corrected chi connectivity index (χ4v) is 1.86. The SMILES string of the molecule is CCNc1nc(Oc2cccc(C#N)c2)c2[nH]cnc2n1. The van der Waals surface area contributed by atoms with Gasteiger partial charge in [0.1, 0.15) is 11.3 Å². The smallest absolute Gasteiger partial charge is 0.250 e. The molecule has 21 heavy (non-hydrogen) atoms. The van der Waals surface area contributed by atoms with Gasteiger partial charge in [0.15, 0.2) is 5.65 Å². The van der Waals surface area contributed by atoms with Crippen LogP contribution in [0.25, 0.3) is 11.2 Å². The number of fused-ring (bicyclic) bond motifs is 1. The van der Waals surface area contributed by atoms with Crippen LogP contribution in [0, 0.1) is 11.3 Å². The molecular weight excluding hydrogens is 268 g/mol. The summed E-state index contributed by atoms with van der Waals surface area (Å²) in [7, 11) is 0. The second kappa shape index (κ2) is 5.46. The van der Waals surface area contributed by atoms with Gasteiger partial charge in [0.05, 0.1) is 18.0 Å². The monoisotopic (exact) mass is 280 g/mol. The predicted octanol–water partition coefficient (Wildman–Crippen LogP) is 2.45. The van der Waals surface area contributed by atoms with Gasteiger partial charge in [0, 0.05) is 6.54 Å². The number of hydrogen-bond donors (Lipinski definition) is 2. The minimum absolute atomic E-state index is 0.364. The average molecular weight is 280 g/mol. The fraction of sp³-hybridized carbons (Fsp3) is 0.143. The number of nitrogens with zero attached hydrogens (tertiary/aromatic N) is 4. The van der Waals surface area contributed by atoms with E-state index < -0.39 is 0 Å². The summed E-state index contributed by atoms with van der Waals surface area (Å²) in [5.74, 6) is 1.35. The zero-order chi connectivity index (χ0) is 14.7. The van der Waals surface area contributed by atoms with E-state index in [1.54, 1.807) is 24.3 Å². The zero-order valence-corrected chi connectivity index (χ0v) is 11.3. The molecule has 0 atom stereocenters. The second-order valence-electron chi connectivity index (χ2n) is 4.23. The minimum Gasteiger partial charge on any atom is -0.437 e. The first-order valence-corrected chi connectivity index (χ1v) is 6.43. The van der Waals surface area contributed by atoms with E-state index in [-0.39, 0.29) is 0 Å². The number of aromatic nitrogens is 4. The Morgan fingerprint density at radius 3 is 3.10 bits per heavy atom. The average Bonchev–Trinajstić information content (AvgIpc) is 2.96. The van der Waals surface area contributed by atoms with Gasteiger partial charge in [0.25, 0.3) is 5.88 Å². The Kier molecular flexibility index (Phi) is 3.35.